The summed E-state index contributed by atoms with van der Waals surface area (Å²) in [5, 5.41) is 4.01. The van der Waals surface area contributed by atoms with Gasteiger partial charge < -0.3 is 14.2 Å². The van der Waals surface area contributed by atoms with Gasteiger partial charge in [0.25, 0.3) is 11.8 Å². The average Bonchev–Trinajstić information content (AvgIpc) is 3.27. The molecule has 1 heterocycles. The van der Waals surface area contributed by atoms with Gasteiger partial charge in [-0.1, -0.05) is 65.3 Å². The minimum atomic E-state index is -0.164. The maximum absolute atomic E-state index is 13.0. The highest BCUT2D eigenvalue weighted by Crippen LogP contribution is 2.24. The number of amides is 1. The summed E-state index contributed by atoms with van der Waals surface area (Å²) in [5.74, 6) is 1.13. The molecule has 0 spiro atoms. The van der Waals surface area contributed by atoms with Gasteiger partial charge in [-0.05, 0) is 31.2 Å². The standard InChI is InChI=1S/C24H21N3O3/c1-17-12-14-18(15-13-17)23-25-22(30-26-23)16-29-21-11-7-6-10-20(21)24(28)27(2)19-8-4-3-5-9-19/h3-15H,16H2,1-2H3. The number of rotatable bonds is 6. The number of hydrogen-bond donors (Lipinski definition) is 0. The van der Waals surface area contributed by atoms with Gasteiger partial charge in [-0.15, -0.1) is 0 Å². The highest BCUT2D eigenvalue weighted by Gasteiger charge is 2.18. The van der Waals surface area contributed by atoms with Crippen LogP contribution in [0.3, 0.4) is 0 Å². The lowest BCUT2D eigenvalue weighted by molar-refractivity contribution is 0.0987. The molecule has 0 fully saturated rings. The van der Waals surface area contributed by atoms with Crippen molar-refractivity contribution in [1.29, 1.82) is 0 Å². The van der Waals surface area contributed by atoms with Crippen LogP contribution in [0.15, 0.2) is 83.4 Å². The fraction of sp³-hybridized carbons (Fsp3) is 0.125. The number of aryl methyl sites for hydroxylation is 1. The van der Waals surface area contributed by atoms with Gasteiger partial charge in [0, 0.05) is 18.3 Å². The number of aromatic nitrogens is 2. The molecule has 0 aliphatic carbocycles. The van der Waals surface area contributed by atoms with Crippen molar-refractivity contribution in [3.63, 3.8) is 0 Å². The van der Waals surface area contributed by atoms with E-state index in [1.54, 1.807) is 30.1 Å². The zero-order chi connectivity index (χ0) is 20.9. The average molecular weight is 399 g/mol. The molecular formula is C24H21N3O3. The largest absolute Gasteiger partial charge is 0.483 e. The fourth-order valence-electron chi connectivity index (χ4n) is 2.99. The van der Waals surface area contributed by atoms with Crippen LogP contribution in [-0.4, -0.2) is 23.1 Å². The summed E-state index contributed by atoms with van der Waals surface area (Å²) in [5.41, 5.74) is 3.29. The number of para-hydroxylation sites is 2. The number of nitrogens with zero attached hydrogens (tertiary/aromatic N) is 3. The molecule has 30 heavy (non-hydrogen) atoms. The summed E-state index contributed by atoms with van der Waals surface area (Å²) in [6.45, 7) is 2.09. The minimum Gasteiger partial charge on any atom is -0.483 e. The van der Waals surface area contributed by atoms with Gasteiger partial charge in [-0.2, -0.15) is 4.98 Å². The Morgan fingerprint density at radius 3 is 2.43 bits per heavy atom. The Labute approximate surface area is 174 Å². The number of carbonyl (C=O) groups excluding carboxylic acids is 1. The van der Waals surface area contributed by atoms with Crippen LogP contribution >= 0.6 is 0 Å². The number of ether oxygens (including phenoxy) is 1. The van der Waals surface area contributed by atoms with Crippen LogP contribution in [0.5, 0.6) is 5.75 Å². The van der Waals surface area contributed by atoms with Crippen LogP contribution in [-0.2, 0) is 6.61 Å². The molecule has 0 radical (unpaired) electrons. The lowest BCUT2D eigenvalue weighted by Gasteiger charge is -2.19. The predicted octanol–water partition coefficient (Wildman–Crippen LogP) is 4.90. The monoisotopic (exact) mass is 399 g/mol. The Kier molecular flexibility index (Phi) is 5.57. The van der Waals surface area contributed by atoms with E-state index in [-0.39, 0.29) is 12.5 Å². The summed E-state index contributed by atoms with van der Waals surface area (Å²) in [6.07, 6.45) is 0. The first-order valence-corrected chi connectivity index (χ1v) is 9.56. The van der Waals surface area contributed by atoms with E-state index in [0.29, 0.717) is 23.0 Å². The molecule has 3 aromatic carbocycles. The van der Waals surface area contributed by atoms with E-state index in [4.69, 9.17) is 9.26 Å². The molecule has 4 rings (SSSR count). The predicted molar refractivity (Wildman–Crippen MR) is 114 cm³/mol. The molecule has 150 valence electrons. The van der Waals surface area contributed by atoms with E-state index in [0.717, 1.165) is 16.8 Å². The topological polar surface area (TPSA) is 68.5 Å². The summed E-state index contributed by atoms with van der Waals surface area (Å²) in [7, 11) is 1.74. The maximum Gasteiger partial charge on any atom is 0.264 e. The minimum absolute atomic E-state index is 0.0677. The Balaban J connectivity index is 1.49. The number of carbonyl (C=O) groups is 1. The van der Waals surface area contributed by atoms with Gasteiger partial charge in [-0.3, -0.25) is 4.79 Å². The van der Waals surface area contributed by atoms with Gasteiger partial charge in [0.05, 0.1) is 5.56 Å². The summed E-state index contributed by atoms with van der Waals surface area (Å²) >= 11 is 0. The Morgan fingerprint density at radius 2 is 1.67 bits per heavy atom. The summed E-state index contributed by atoms with van der Waals surface area (Å²) < 4.78 is 11.2. The lowest BCUT2D eigenvalue weighted by Crippen LogP contribution is -2.26. The van der Waals surface area contributed by atoms with Crippen LogP contribution in [0.2, 0.25) is 0 Å². The van der Waals surface area contributed by atoms with Crippen LogP contribution in [0.4, 0.5) is 5.69 Å². The van der Waals surface area contributed by atoms with Gasteiger partial charge in [-0.25, -0.2) is 0 Å². The van der Waals surface area contributed by atoms with E-state index in [9.17, 15) is 4.79 Å². The molecule has 1 aromatic heterocycles. The normalized spacial score (nSPS) is 10.6. The molecule has 0 atom stereocenters. The summed E-state index contributed by atoms with van der Waals surface area (Å²) in [6, 6.07) is 24.4. The number of hydrogen-bond acceptors (Lipinski definition) is 5. The van der Waals surface area contributed by atoms with Gasteiger partial charge in [0.15, 0.2) is 6.61 Å². The highest BCUT2D eigenvalue weighted by molar-refractivity contribution is 6.07. The number of benzene rings is 3. The molecule has 0 unspecified atom stereocenters. The van der Waals surface area contributed by atoms with E-state index in [1.807, 2.05) is 67.6 Å². The first-order valence-electron chi connectivity index (χ1n) is 9.56. The molecule has 6 heteroatoms. The Hall–Kier alpha value is -3.93. The summed E-state index contributed by atoms with van der Waals surface area (Å²) in [4.78, 5) is 19.0. The molecular weight excluding hydrogens is 378 g/mol. The van der Waals surface area contributed by atoms with Crippen molar-refractivity contribution >= 4 is 11.6 Å². The first kappa shape index (κ1) is 19.4. The van der Waals surface area contributed by atoms with Crippen LogP contribution < -0.4 is 9.64 Å². The van der Waals surface area contributed by atoms with Crippen molar-refractivity contribution in [2.45, 2.75) is 13.5 Å². The van der Waals surface area contributed by atoms with Crippen molar-refractivity contribution in [2.75, 3.05) is 11.9 Å². The lowest BCUT2D eigenvalue weighted by atomic mass is 10.1. The molecule has 0 aliphatic heterocycles. The van der Waals surface area contributed by atoms with Crippen molar-refractivity contribution in [1.82, 2.24) is 10.1 Å². The maximum atomic E-state index is 13.0. The van der Waals surface area contributed by atoms with Crippen LogP contribution in [0, 0.1) is 6.92 Å². The van der Waals surface area contributed by atoms with Crippen molar-refractivity contribution in [3.05, 3.63) is 95.9 Å². The zero-order valence-electron chi connectivity index (χ0n) is 16.8. The fourth-order valence-corrected chi connectivity index (χ4v) is 2.99. The second-order valence-corrected chi connectivity index (χ2v) is 6.86. The molecule has 0 N–H and O–H groups in total. The molecule has 4 aromatic rings. The van der Waals surface area contributed by atoms with Crippen molar-refractivity contribution < 1.29 is 14.1 Å². The van der Waals surface area contributed by atoms with E-state index < -0.39 is 0 Å². The second kappa shape index (κ2) is 8.61. The van der Waals surface area contributed by atoms with E-state index in [1.165, 1.54) is 0 Å². The molecule has 6 nitrogen and oxygen atoms in total. The van der Waals surface area contributed by atoms with Gasteiger partial charge in [0.1, 0.15) is 5.75 Å². The van der Waals surface area contributed by atoms with Crippen molar-refractivity contribution in [3.8, 4) is 17.1 Å². The first-order chi connectivity index (χ1) is 14.6. The third kappa shape index (κ3) is 4.22. The molecule has 0 saturated carbocycles. The third-order valence-corrected chi connectivity index (χ3v) is 4.69. The van der Waals surface area contributed by atoms with Crippen LogP contribution in [0.1, 0.15) is 21.8 Å². The smallest absolute Gasteiger partial charge is 0.264 e. The SMILES string of the molecule is Cc1ccc(-c2noc(COc3ccccc3C(=O)N(C)c3ccccc3)n2)cc1. The van der Waals surface area contributed by atoms with Gasteiger partial charge in [0.2, 0.25) is 5.82 Å². The highest BCUT2D eigenvalue weighted by atomic mass is 16.5. The third-order valence-electron chi connectivity index (χ3n) is 4.69. The molecule has 0 bridgehead atoms. The quantitative estimate of drug-likeness (QED) is 0.461. The number of anilines is 1. The van der Waals surface area contributed by atoms with E-state index in [2.05, 4.69) is 10.1 Å². The Morgan fingerprint density at radius 1 is 0.967 bits per heavy atom. The van der Waals surface area contributed by atoms with Crippen LogP contribution in [0.25, 0.3) is 11.4 Å². The van der Waals surface area contributed by atoms with Crippen molar-refractivity contribution in [2.24, 2.45) is 0 Å². The van der Waals surface area contributed by atoms with Gasteiger partial charge >= 0.3 is 0 Å². The molecule has 0 aliphatic rings. The molecule has 1 amide bonds. The van der Waals surface area contributed by atoms with E-state index >= 15 is 0 Å². The molecule has 0 saturated heterocycles. The second-order valence-electron chi connectivity index (χ2n) is 6.86. The Bertz CT molecular complexity index is 1140. The zero-order valence-corrected chi connectivity index (χ0v) is 16.8.